The van der Waals surface area contributed by atoms with Crippen LogP contribution in [-0.2, 0) is 6.54 Å². The monoisotopic (exact) mass is 346 g/mol. The lowest BCUT2D eigenvalue weighted by atomic mass is 10.2. The largest absolute Gasteiger partial charge is 0.487 e. The van der Waals surface area contributed by atoms with Crippen molar-refractivity contribution >= 4 is 21.6 Å². The van der Waals surface area contributed by atoms with Gasteiger partial charge >= 0.3 is 0 Å². The molecule has 1 aliphatic rings. The van der Waals surface area contributed by atoms with Gasteiger partial charge in [-0.2, -0.15) is 0 Å². The van der Waals surface area contributed by atoms with E-state index in [1.807, 2.05) is 18.2 Å². The highest BCUT2D eigenvalue weighted by Gasteiger charge is 2.24. The van der Waals surface area contributed by atoms with Crippen molar-refractivity contribution in [1.82, 2.24) is 4.90 Å². The van der Waals surface area contributed by atoms with E-state index < -0.39 is 0 Å². The Bertz CT molecular complexity index is 603. The van der Waals surface area contributed by atoms with Crippen LogP contribution < -0.4 is 10.5 Å². The quantitative estimate of drug-likeness (QED) is 0.858. The number of ether oxygens (including phenoxy) is 1. The van der Waals surface area contributed by atoms with Gasteiger partial charge in [0, 0.05) is 24.1 Å². The van der Waals surface area contributed by atoms with Crippen LogP contribution in [-0.4, -0.2) is 24.1 Å². The van der Waals surface area contributed by atoms with E-state index in [0.29, 0.717) is 5.69 Å². The van der Waals surface area contributed by atoms with Crippen molar-refractivity contribution in [2.75, 3.05) is 18.8 Å². The molecule has 0 spiro atoms. The Morgan fingerprint density at radius 3 is 2.76 bits per heavy atom. The third kappa shape index (κ3) is 3.77. The minimum atomic E-state index is 0.220. The van der Waals surface area contributed by atoms with E-state index in [1.54, 1.807) is 0 Å². The van der Waals surface area contributed by atoms with Crippen molar-refractivity contribution in [3.63, 3.8) is 0 Å². The lowest BCUT2D eigenvalue weighted by molar-refractivity contribution is 0.199. The summed E-state index contributed by atoms with van der Waals surface area (Å²) in [5, 5.41) is 0. The first-order chi connectivity index (χ1) is 10.2. The van der Waals surface area contributed by atoms with Gasteiger partial charge in [0.25, 0.3) is 0 Å². The molecule has 1 saturated heterocycles. The number of nitrogens with two attached hydrogens (primary N) is 1. The molecule has 3 nitrogen and oxygen atoms in total. The van der Waals surface area contributed by atoms with Crippen LogP contribution in [0, 0.1) is 0 Å². The smallest absolute Gasteiger partial charge is 0.142 e. The molecule has 0 amide bonds. The molecule has 2 aromatic carbocycles. The molecule has 110 valence electrons. The first-order valence-corrected chi connectivity index (χ1v) is 7.98. The molecular weight excluding hydrogens is 328 g/mol. The first kappa shape index (κ1) is 14.4. The summed E-state index contributed by atoms with van der Waals surface area (Å²) in [7, 11) is 0. The summed E-state index contributed by atoms with van der Waals surface area (Å²) in [6, 6.07) is 16.3. The Balaban J connectivity index is 1.57. The van der Waals surface area contributed by atoms with Crippen LogP contribution in [0.15, 0.2) is 53.0 Å². The van der Waals surface area contributed by atoms with Crippen LogP contribution in [0.2, 0.25) is 0 Å². The minimum absolute atomic E-state index is 0.220. The maximum atomic E-state index is 6.04. The zero-order valence-electron chi connectivity index (χ0n) is 11.8. The number of nitrogen functional groups attached to an aromatic ring is 1. The molecule has 0 saturated carbocycles. The highest BCUT2D eigenvalue weighted by molar-refractivity contribution is 9.10. The summed E-state index contributed by atoms with van der Waals surface area (Å²) in [5.41, 5.74) is 8.02. The van der Waals surface area contributed by atoms with Gasteiger partial charge in [0.15, 0.2) is 0 Å². The maximum Gasteiger partial charge on any atom is 0.142 e. The van der Waals surface area contributed by atoms with Gasteiger partial charge in [-0.3, -0.25) is 4.90 Å². The van der Waals surface area contributed by atoms with Crippen molar-refractivity contribution in [3.8, 4) is 5.75 Å². The highest BCUT2D eigenvalue weighted by atomic mass is 79.9. The van der Waals surface area contributed by atoms with Gasteiger partial charge < -0.3 is 10.5 Å². The number of nitrogens with zero attached hydrogens (tertiary/aromatic N) is 1. The average Bonchev–Trinajstić information content (AvgIpc) is 2.90. The number of halogens is 1. The normalized spacial score (nSPS) is 18.8. The molecule has 1 atom stereocenters. The Hall–Kier alpha value is -1.52. The number of likely N-dealkylation sites (tertiary alicyclic amines) is 1. The zero-order chi connectivity index (χ0) is 14.7. The number of benzene rings is 2. The predicted octanol–water partition coefficient (Wildman–Crippen LogP) is 3.68. The Labute approximate surface area is 133 Å². The third-order valence-corrected chi connectivity index (χ3v) is 4.24. The molecule has 1 aliphatic heterocycles. The molecule has 0 radical (unpaired) electrons. The number of rotatable bonds is 4. The van der Waals surface area contributed by atoms with Gasteiger partial charge in [-0.25, -0.2) is 0 Å². The summed E-state index contributed by atoms with van der Waals surface area (Å²) in [5.74, 6) is 0.782. The van der Waals surface area contributed by atoms with Crippen molar-refractivity contribution < 1.29 is 4.74 Å². The second kappa shape index (κ2) is 6.50. The van der Waals surface area contributed by atoms with E-state index in [2.05, 4.69) is 51.2 Å². The van der Waals surface area contributed by atoms with Gasteiger partial charge in [0.2, 0.25) is 0 Å². The van der Waals surface area contributed by atoms with Crippen molar-refractivity contribution in [3.05, 3.63) is 58.6 Å². The van der Waals surface area contributed by atoms with E-state index in [1.165, 1.54) is 5.56 Å². The van der Waals surface area contributed by atoms with E-state index >= 15 is 0 Å². The van der Waals surface area contributed by atoms with Gasteiger partial charge in [-0.15, -0.1) is 0 Å². The minimum Gasteiger partial charge on any atom is -0.487 e. The molecule has 1 heterocycles. The first-order valence-electron chi connectivity index (χ1n) is 7.18. The molecule has 2 aromatic rings. The fourth-order valence-corrected chi connectivity index (χ4v) is 3.06. The summed E-state index contributed by atoms with van der Waals surface area (Å²) < 4.78 is 7.02. The Morgan fingerprint density at radius 2 is 2.00 bits per heavy atom. The number of hydrogen-bond donors (Lipinski definition) is 1. The lowest BCUT2D eigenvalue weighted by Crippen LogP contribution is -2.24. The number of anilines is 1. The van der Waals surface area contributed by atoms with Crippen molar-refractivity contribution in [2.45, 2.75) is 19.1 Å². The average molecular weight is 347 g/mol. The number of hydrogen-bond acceptors (Lipinski definition) is 3. The molecule has 0 bridgehead atoms. The topological polar surface area (TPSA) is 38.5 Å². The van der Waals surface area contributed by atoms with E-state index in [0.717, 1.165) is 36.3 Å². The fraction of sp³-hybridized carbons (Fsp3) is 0.294. The van der Waals surface area contributed by atoms with Gasteiger partial charge in [-0.05, 0) is 30.2 Å². The molecule has 3 rings (SSSR count). The second-order valence-corrected chi connectivity index (χ2v) is 6.35. The molecule has 1 fully saturated rings. The van der Waals surface area contributed by atoms with Crippen LogP contribution >= 0.6 is 15.9 Å². The molecule has 0 aromatic heterocycles. The van der Waals surface area contributed by atoms with Crippen LogP contribution in [0.25, 0.3) is 0 Å². The maximum absolute atomic E-state index is 6.04. The summed E-state index contributed by atoms with van der Waals surface area (Å²) in [4.78, 5) is 2.43. The van der Waals surface area contributed by atoms with Gasteiger partial charge in [0.05, 0.1) is 5.69 Å². The van der Waals surface area contributed by atoms with Crippen LogP contribution in [0.3, 0.4) is 0 Å². The Kier molecular flexibility index (Phi) is 4.46. The molecule has 0 aliphatic carbocycles. The SMILES string of the molecule is Nc1cc(Br)ccc1OC1CCN(Cc2ccccc2)C1. The predicted molar refractivity (Wildman–Crippen MR) is 89.3 cm³/mol. The van der Waals surface area contributed by atoms with Crippen LogP contribution in [0.5, 0.6) is 5.75 Å². The van der Waals surface area contributed by atoms with Crippen LogP contribution in [0.1, 0.15) is 12.0 Å². The lowest BCUT2D eigenvalue weighted by Gasteiger charge is -2.18. The van der Waals surface area contributed by atoms with E-state index in [4.69, 9.17) is 10.5 Å². The Morgan fingerprint density at radius 1 is 1.19 bits per heavy atom. The molecule has 1 unspecified atom stereocenters. The molecule has 21 heavy (non-hydrogen) atoms. The van der Waals surface area contributed by atoms with E-state index in [-0.39, 0.29) is 6.10 Å². The van der Waals surface area contributed by atoms with E-state index in [9.17, 15) is 0 Å². The molecule has 2 N–H and O–H groups in total. The van der Waals surface area contributed by atoms with Crippen LogP contribution in [0.4, 0.5) is 5.69 Å². The second-order valence-electron chi connectivity index (χ2n) is 5.43. The summed E-state index contributed by atoms with van der Waals surface area (Å²) >= 11 is 3.41. The summed E-state index contributed by atoms with van der Waals surface area (Å²) in [6.45, 7) is 3.00. The molecular formula is C17H19BrN2O. The third-order valence-electron chi connectivity index (χ3n) is 3.74. The van der Waals surface area contributed by atoms with Crippen molar-refractivity contribution in [1.29, 1.82) is 0 Å². The van der Waals surface area contributed by atoms with Gasteiger partial charge in [-0.1, -0.05) is 46.3 Å². The standard InChI is InChI=1S/C17H19BrN2O/c18-14-6-7-17(16(19)10-14)21-15-8-9-20(12-15)11-13-4-2-1-3-5-13/h1-7,10,15H,8-9,11-12,19H2. The fourth-order valence-electron chi connectivity index (χ4n) is 2.68. The summed E-state index contributed by atoms with van der Waals surface area (Å²) in [6.07, 6.45) is 1.26. The molecule has 4 heteroatoms. The highest BCUT2D eigenvalue weighted by Crippen LogP contribution is 2.28. The van der Waals surface area contributed by atoms with Gasteiger partial charge in [0.1, 0.15) is 11.9 Å². The van der Waals surface area contributed by atoms with Crippen molar-refractivity contribution in [2.24, 2.45) is 0 Å². The zero-order valence-corrected chi connectivity index (χ0v) is 13.4.